The van der Waals surface area contributed by atoms with Gasteiger partial charge in [-0.2, -0.15) is 10.5 Å². The van der Waals surface area contributed by atoms with E-state index in [4.69, 9.17) is 25.1 Å². The molecule has 0 aliphatic heterocycles. The second-order valence-corrected chi connectivity index (χ2v) is 6.02. The van der Waals surface area contributed by atoms with Crippen LogP contribution in [0, 0.1) is 22.7 Å². The molecule has 152 valence electrons. The van der Waals surface area contributed by atoms with Gasteiger partial charge in [0.1, 0.15) is 23.9 Å². The summed E-state index contributed by atoms with van der Waals surface area (Å²) in [6.45, 7) is 0.278. The molecule has 0 radical (unpaired) electrons. The van der Waals surface area contributed by atoms with Crippen molar-refractivity contribution < 1.29 is 29.3 Å². The van der Waals surface area contributed by atoms with Gasteiger partial charge in [-0.3, -0.25) is 4.79 Å². The number of nitriles is 2. The summed E-state index contributed by atoms with van der Waals surface area (Å²) in [5, 5.41) is 36.8. The van der Waals surface area contributed by atoms with Gasteiger partial charge in [0.2, 0.25) is 0 Å². The Morgan fingerprint density at radius 2 is 1.83 bits per heavy atom. The number of rotatable bonds is 10. The predicted molar refractivity (Wildman–Crippen MR) is 106 cm³/mol. The number of carboxylic acid groups (broad SMARTS) is 1. The smallest absolute Gasteiger partial charge is 0.376 e. The van der Waals surface area contributed by atoms with Crippen LogP contribution in [0.4, 0.5) is 0 Å². The van der Waals surface area contributed by atoms with Crippen LogP contribution < -0.4 is 9.47 Å². The van der Waals surface area contributed by atoms with Gasteiger partial charge in [0.05, 0.1) is 29.9 Å². The third kappa shape index (κ3) is 6.11. The zero-order chi connectivity index (χ0) is 21.9. The highest BCUT2D eigenvalue weighted by molar-refractivity contribution is 6.38. The number of benzene rings is 2. The zero-order valence-corrected chi connectivity index (χ0v) is 15.9. The van der Waals surface area contributed by atoms with Crippen molar-refractivity contribution in [3.05, 3.63) is 65.2 Å². The topological polar surface area (TPSA) is 141 Å². The van der Waals surface area contributed by atoms with Crippen LogP contribution in [0.2, 0.25) is 0 Å². The van der Waals surface area contributed by atoms with Gasteiger partial charge < -0.3 is 19.7 Å². The molecule has 2 rings (SSSR count). The van der Waals surface area contributed by atoms with Gasteiger partial charge in [-0.15, -0.1) is 0 Å². The lowest BCUT2D eigenvalue weighted by Crippen LogP contribution is -2.10. The average Bonchev–Trinajstić information content (AvgIpc) is 2.75. The molecule has 0 fully saturated rings. The van der Waals surface area contributed by atoms with Crippen molar-refractivity contribution in [2.75, 3.05) is 6.61 Å². The third-order valence-corrected chi connectivity index (χ3v) is 3.93. The number of ether oxygens (including phenoxy) is 2. The molecule has 0 saturated carbocycles. The van der Waals surface area contributed by atoms with Gasteiger partial charge >= 0.3 is 5.97 Å². The molecule has 0 atom stereocenters. The number of aliphatic hydroxyl groups excluding tert-OH is 1. The average molecular weight is 406 g/mol. The first kappa shape index (κ1) is 22.0. The number of hydrogen-bond acceptors (Lipinski definition) is 7. The molecule has 0 bridgehead atoms. The van der Waals surface area contributed by atoms with Crippen molar-refractivity contribution >= 4 is 17.5 Å². The Morgan fingerprint density at radius 3 is 2.53 bits per heavy atom. The van der Waals surface area contributed by atoms with Gasteiger partial charge in [-0.05, 0) is 30.7 Å². The number of aliphatic hydroxyl groups is 1. The van der Waals surface area contributed by atoms with E-state index in [1.807, 2.05) is 6.07 Å². The van der Waals surface area contributed by atoms with Crippen LogP contribution in [-0.4, -0.2) is 28.6 Å². The van der Waals surface area contributed by atoms with Crippen LogP contribution in [0.3, 0.4) is 0 Å². The summed E-state index contributed by atoms with van der Waals surface area (Å²) in [7, 11) is 0. The summed E-state index contributed by atoms with van der Waals surface area (Å²) in [5.74, 6) is -3.09. The minimum absolute atomic E-state index is 0.0626. The lowest BCUT2D eigenvalue weighted by molar-refractivity contribution is -0.146. The molecule has 8 heteroatoms. The SMILES string of the molecule is N#CCCCOc1ccc(OCc2ccccc2C#N)cc1/C(O)=C/C(=O)C(=O)O. The molecule has 0 unspecified atom stereocenters. The molecular formula is C22H18N2O6. The Bertz CT molecular complexity index is 1050. The quantitative estimate of drug-likeness (QED) is 0.265. The second-order valence-electron chi connectivity index (χ2n) is 6.02. The fourth-order valence-corrected chi connectivity index (χ4v) is 2.44. The van der Waals surface area contributed by atoms with Crippen molar-refractivity contribution in [3.8, 4) is 23.6 Å². The van der Waals surface area contributed by atoms with E-state index in [2.05, 4.69) is 6.07 Å². The van der Waals surface area contributed by atoms with E-state index in [0.29, 0.717) is 29.4 Å². The van der Waals surface area contributed by atoms with Crippen LogP contribution in [0.25, 0.3) is 5.76 Å². The number of carboxylic acids is 1. The molecule has 0 saturated heterocycles. The van der Waals surface area contributed by atoms with E-state index < -0.39 is 17.5 Å². The minimum Gasteiger partial charge on any atom is -0.507 e. The van der Waals surface area contributed by atoms with E-state index in [1.54, 1.807) is 30.3 Å². The van der Waals surface area contributed by atoms with Gasteiger partial charge in [0.25, 0.3) is 5.78 Å². The Kier molecular flexibility index (Phi) is 7.98. The van der Waals surface area contributed by atoms with Crippen molar-refractivity contribution in [2.45, 2.75) is 19.4 Å². The maximum atomic E-state index is 11.4. The van der Waals surface area contributed by atoms with E-state index in [-0.39, 0.29) is 30.9 Å². The van der Waals surface area contributed by atoms with E-state index in [1.165, 1.54) is 12.1 Å². The molecule has 2 N–H and O–H groups in total. The number of unbranched alkanes of at least 4 members (excludes halogenated alkanes) is 1. The highest BCUT2D eigenvalue weighted by atomic mass is 16.5. The number of carbonyl (C=O) groups is 2. The molecule has 0 amide bonds. The Balaban J connectivity index is 2.28. The second kappa shape index (κ2) is 10.9. The van der Waals surface area contributed by atoms with Crippen LogP contribution in [0.15, 0.2) is 48.5 Å². The summed E-state index contributed by atoms with van der Waals surface area (Å²) >= 11 is 0. The van der Waals surface area contributed by atoms with E-state index in [0.717, 1.165) is 0 Å². The van der Waals surface area contributed by atoms with Crippen molar-refractivity contribution in [3.63, 3.8) is 0 Å². The lowest BCUT2D eigenvalue weighted by atomic mass is 10.1. The van der Waals surface area contributed by atoms with Crippen LogP contribution in [-0.2, 0) is 16.2 Å². The molecule has 2 aromatic carbocycles. The molecular weight excluding hydrogens is 388 g/mol. The fraction of sp³-hybridized carbons (Fsp3) is 0.182. The maximum Gasteiger partial charge on any atom is 0.376 e. The first-order valence-electron chi connectivity index (χ1n) is 8.89. The standard InChI is InChI=1S/C22H18N2O6/c23-9-3-4-10-29-21-8-7-17(11-18(21)19(25)12-20(26)22(27)28)30-14-16-6-2-1-5-15(16)13-24/h1-2,5-8,11-12,25H,3-4,10,14H2,(H,27,28)/b19-12-. The minimum atomic E-state index is -1.71. The number of aliphatic carboxylic acids is 1. The summed E-state index contributed by atoms with van der Waals surface area (Å²) in [4.78, 5) is 22.2. The summed E-state index contributed by atoms with van der Waals surface area (Å²) in [5.41, 5.74) is 1.19. The lowest BCUT2D eigenvalue weighted by Gasteiger charge is -2.14. The monoisotopic (exact) mass is 406 g/mol. The Hall–Kier alpha value is -4.30. The van der Waals surface area contributed by atoms with Crippen molar-refractivity contribution in [1.29, 1.82) is 10.5 Å². The molecule has 0 aliphatic carbocycles. The first-order chi connectivity index (χ1) is 14.5. The summed E-state index contributed by atoms with van der Waals surface area (Å²) < 4.78 is 11.2. The van der Waals surface area contributed by atoms with Gasteiger partial charge in [0, 0.05) is 18.1 Å². The normalized spacial score (nSPS) is 10.5. The zero-order valence-electron chi connectivity index (χ0n) is 15.9. The highest BCUT2D eigenvalue weighted by Crippen LogP contribution is 2.30. The molecule has 0 spiro atoms. The van der Waals surface area contributed by atoms with Gasteiger partial charge in [-0.1, -0.05) is 18.2 Å². The number of nitrogens with zero attached hydrogens (tertiary/aromatic N) is 2. The number of hydrogen-bond donors (Lipinski definition) is 2. The van der Waals surface area contributed by atoms with E-state index in [9.17, 15) is 14.7 Å². The highest BCUT2D eigenvalue weighted by Gasteiger charge is 2.15. The molecule has 2 aromatic rings. The molecule has 8 nitrogen and oxygen atoms in total. The molecule has 0 aliphatic rings. The summed E-state index contributed by atoms with van der Waals surface area (Å²) in [6, 6.07) is 15.4. The Morgan fingerprint density at radius 1 is 1.07 bits per heavy atom. The predicted octanol–water partition coefficient (Wildman–Crippen LogP) is 3.37. The number of ketones is 1. The number of carbonyl (C=O) groups excluding carboxylic acids is 1. The molecule has 0 aromatic heterocycles. The molecule has 30 heavy (non-hydrogen) atoms. The van der Waals surface area contributed by atoms with E-state index >= 15 is 0 Å². The molecule has 0 heterocycles. The fourth-order valence-electron chi connectivity index (χ4n) is 2.44. The maximum absolute atomic E-state index is 11.4. The largest absolute Gasteiger partial charge is 0.507 e. The third-order valence-electron chi connectivity index (χ3n) is 3.93. The van der Waals surface area contributed by atoms with Crippen molar-refractivity contribution in [1.82, 2.24) is 0 Å². The van der Waals surface area contributed by atoms with Crippen molar-refractivity contribution in [2.24, 2.45) is 0 Å². The van der Waals surface area contributed by atoms with Crippen LogP contribution >= 0.6 is 0 Å². The van der Waals surface area contributed by atoms with Crippen LogP contribution in [0.1, 0.15) is 29.5 Å². The first-order valence-corrected chi connectivity index (χ1v) is 8.89. The Labute approximate surface area is 172 Å². The van der Waals surface area contributed by atoms with Gasteiger partial charge in [0.15, 0.2) is 0 Å². The van der Waals surface area contributed by atoms with Crippen LogP contribution in [0.5, 0.6) is 11.5 Å². The summed E-state index contributed by atoms with van der Waals surface area (Å²) in [6.07, 6.45) is 1.32. The van der Waals surface area contributed by atoms with Gasteiger partial charge in [-0.25, -0.2) is 4.79 Å².